The van der Waals surface area contributed by atoms with Crippen LogP contribution in [0.5, 0.6) is 0 Å². The Kier molecular flexibility index (Phi) is 8.09. The standard InChI is InChI=1S/C19H27NO6/c1-19(2,3)26-18(23)20-12-14-8-6-13(7-9-14)10-15(17(22)25-5)11-16(21)24-4/h6-9,15H,10-12H2,1-5H3,(H,20,23). The van der Waals surface area contributed by atoms with E-state index in [0.717, 1.165) is 11.1 Å². The molecular weight excluding hydrogens is 338 g/mol. The summed E-state index contributed by atoms with van der Waals surface area (Å²) in [5.74, 6) is -1.51. The second kappa shape index (κ2) is 9.79. The van der Waals surface area contributed by atoms with Crippen molar-refractivity contribution in [3.63, 3.8) is 0 Å². The van der Waals surface area contributed by atoms with E-state index < -0.39 is 29.6 Å². The second-order valence-electron chi connectivity index (χ2n) is 6.88. The van der Waals surface area contributed by atoms with Crippen molar-refractivity contribution in [1.29, 1.82) is 0 Å². The molecule has 0 aliphatic carbocycles. The minimum atomic E-state index is -0.599. The predicted molar refractivity (Wildman–Crippen MR) is 95.4 cm³/mol. The van der Waals surface area contributed by atoms with Crippen molar-refractivity contribution in [2.24, 2.45) is 5.92 Å². The van der Waals surface area contributed by atoms with Crippen LogP contribution in [0.15, 0.2) is 24.3 Å². The summed E-state index contributed by atoms with van der Waals surface area (Å²) in [5, 5.41) is 2.68. The van der Waals surface area contributed by atoms with Gasteiger partial charge < -0.3 is 19.5 Å². The monoisotopic (exact) mass is 365 g/mol. The number of benzene rings is 1. The third kappa shape index (κ3) is 8.00. The van der Waals surface area contributed by atoms with Crippen LogP contribution in [-0.4, -0.2) is 37.9 Å². The lowest BCUT2D eigenvalue weighted by atomic mass is 9.95. The molecule has 1 N–H and O–H groups in total. The van der Waals surface area contributed by atoms with E-state index in [2.05, 4.69) is 10.1 Å². The molecule has 0 spiro atoms. The summed E-state index contributed by atoms with van der Waals surface area (Å²) in [6.45, 7) is 5.73. The SMILES string of the molecule is COC(=O)CC(Cc1ccc(CNC(=O)OC(C)(C)C)cc1)C(=O)OC. The van der Waals surface area contributed by atoms with E-state index in [1.54, 1.807) is 20.8 Å². The molecule has 1 rings (SSSR count). The molecule has 144 valence electrons. The van der Waals surface area contributed by atoms with Crippen molar-refractivity contribution in [2.45, 2.75) is 45.8 Å². The summed E-state index contributed by atoms with van der Waals surface area (Å²) in [7, 11) is 2.57. The largest absolute Gasteiger partial charge is 0.469 e. The fourth-order valence-corrected chi connectivity index (χ4v) is 2.26. The molecule has 1 aromatic rings. The molecule has 0 fully saturated rings. The van der Waals surface area contributed by atoms with Crippen molar-refractivity contribution in [3.05, 3.63) is 35.4 Å². The van der Waals surface area contributed by atoms with E-state index in [0.29, 0.717) is 13.0 Å². The molecule has 0 radical (unpaired) electrons. The number of carbonyl (C=O) groups is 3. The molecule has 1 aromatic carbocycles. The van der Waals surface area contributed by atoms with Crippen molar-refractivity contribution in [3.8, 4) is 0 Å². The number of hydrogen-bond acceptors (Lipinski definition) is 6. The molecule has 0 bridgehead atoms. The van der Waals surface area contributed by atoms with Crippen LogP contribution in [-0.2, 0) is 36.8 Å². The van der Waals surface area contributed by atoms with Crippen LogP contribution in [0.3, 0.4) is 0 Å². The predicted octanol–water partition coefficient (Wildman–Crippen LogP) is 2.61. The first-order chi connectivity index (χ1) is 12.1. The smallest absolute Gasteiger partial charge is 0.407 e. The van der Waals surface area contributed by atoms with Gasteiger partial charge in [-0.2, -0.15) is 0 Å². The van der Waals surface area contributed by atoms with Crippen LogP contribution in [0.1, 0.15) is 38.3 Å². The van der Waals surface area contributed by atoms with Gasteiger partial charge in [-0.1, -0.05) is 24.3 Å². The van der Waals surface area contributed by atoms with Crippen LogP contribution < -0.4 is 5.32 Å². The number of methoxy groups -OCH3 is 2. The Morgan fingerprint density at radius 3 is 2.08 bits per heavy atom. The zero-order chi connectivity index (χ0) is 19.7. The summed E-state index contributed by atoms with van der Waals surface area (Å²) < 4.78 is 14.5. The number of carbonyl (C=O) groups excluding carboxylic acids is 3. The van der Waals surface area contributed by atoms with Gasteiger partial charge in [-0.3, -0.25) is 9.59 Å². The molecule has 7 nitrogen and oxygen atoms in total. The quantitative estimate of drug-likeness (QED) is 0.590. The van der Waals surface area contributed by atoms with Gasteiger partial charge in [0.2, 0.25) is 0 Å². The minimum absolute atomic E-state index is 0.0366. The van der Waals surface area contributed by atoms with Gasteiger partial charge in [0, 0.05) is 6.54 Å². The van der Waals surface area contributed by atoms with E-state index >= 15 is 0 Å². The first-order valence-corrected chi connectivity index (χ1v) is 8.34. The first kappa shape index (κ1) is 21.5. The summed E-state index contributed by atoms with van der Waals surface area (Å²) in [4.78, 5) is 34.9. The Morgan fingerprint density at radius 1 is 1.00 bits per heavy atom. The normalized spacial score (nSPS) is 12.0. The van der Waals surface area contributed by atoms with Gasteiger partial charge in [-0.25, -0.2) is 4.79 Å². The lowest BCUT2D eigenvalue weighted by Crippen LogP contribution is -2.32. The number of ether oxygens (including phenoxy) is 3. The van der Waals surface area contributed by atoms with Gasteiger partial charge in [0.1, 0.15) is 5.60 Å². The lowest BCUT2D eigenvalue weighted by molar-refractivity contribution is -0.151. The molecule has 26 heavy (non-hydrogen) atoms. The molecule has 1 atom stereocenters. The number of hydrogen-bond donors (Lipinski definition) is 1. The molecule has 7 heteroatoms. The highest BCUT2D eigenvalue weighted by Gasteiger charge is 2.23. The van der Waals surface area contributed by atoms with E-state index in [4.69, 9.17) is 9.47 Å². The average molecular weight is 365 g/mol. The number of alkyl carbamates (subject to hydrolysis) is 1. The van der Waals surface area contributed by atoms with Crippen molar-refractivity contribution >= 4 is 18.0 Å². The first-order valence-electron chi connectivity index (χ1n) is 8.34. The van der Waals surface area contributed by atoms with E-state index in [-0.39, 0.29) is 6.42 Å². The van der Waals surface area contributed by atoms with Gasteiger partial charge in [-0.15, -0.1) is 0 Å². The molecule has 0 saturated carbocycles. The van der Waals surface area contributed by atoms with Crippen molar-refractivity contribution in [1.82, 2.24) is 5.32 Å². The molecule has 0 saturated heterocycles. The zero-order valence-electron chi connectivity index (χ0n) is 16.0. The third-order valence-electron chi connectivity index (χ3n) is 3.52. The Bertz CT molecular complexity index is 618. The third-order valence-corrected chi connectivity index (χ3v) is 3.52. The fraction of sp³-hybridized carbons (Fsp3) is 0.526. The van der Waals surface area contributed by atoms with Crippen LogP contribution in [0.4, 0.5) is 4.79 Å². The van der Waals surface area contributed by atoms with Crippen molar-refractivity contribution < 1.29 is 28.6 Å². The summed E-state index contributed by atoms with van der Waals surface area (Å²) >= 11 is 0. The number of nitrogens with one attached hydrogen (secondary N) is 1. The van der Waals surface area contributed by atoms with Gasteiger partial charge in [0.15, 0.2) is 0 Å². The van der Waals surface area contributed by atoms with Gasteiger partial charge in [0.25, 0.3) is 0 Å². The molecular formula is C19H27NO6. The van der Waals surface area contributed by atoms with Crippen molar-refractivity contribution in [2.75, 3.05) is 14.2 Å². The van der Waals surface area contributed by atoms with E-state index in [1.807, 2.05) is 24.3 Å². The molecule has 1 amide bonds. The number of amides is 1. The maximum atomic E-state index is 11.8. The topological polar surface area (TPSA) is 90.9 Å². The molecule has 0 aliphatic rings. The summed E-state index contributed by atoms with van der Waals surface area (Å²) in [5.41, 5.74) is 1.23. The number of rotatable bonds is 7. The summed E-state index contributed by atoms with van der Waals surface area (Å²) in [6.07, 6.45) is -0.155. The van der Waals surface area contributed by atoms with E-state index in [1.165, 1.54) is 14.2 Å². The summed E-state index contributed by atoms with van der Waals surface area (Å²) in [6, 6.07) is 7.39. The van der Waals surface area contributed by atoms with Crippen LogP contribution in [0.25, 0.3) is 0 Å². The molecule has 0 aromatic heterocycles. The molecule has 0 aliphatic heterocycles. The average Bonchev–Trinajstić information content (AvgIpc) is 2.58. The Hall–Kier alpha value is -2.57. The zero-order valence-corrected chi connectivity index (χ0v) is 16.0. The molecule has 1 unspecified atom stereocenters. The maximum absolute atomic E-state index is 11.8. The highest BCUT2D eigenvalue weighted by molar-refractivity contribution is 5.80. The Labute approximate surface area is 154 Å². The van der Waals surface area contributed by atoms with Crippen LogP contribution in [0, 0.1) is 5.92 Å². The van der Waals surface area contributed by atoms with Gasteiger partial charge >= 0.3 is 18.0 Å². The minimum Gasteiger partial charge on any atom is -0.469 e. The fourth-order valence-electron chi connectivity index (χ4n) is 2.26. The van der Waals surface area contributed by atoms with Gasteiger partial charge in [0.05, 0.1) is 26.6 Å². The molecule has 0 heterocycles. The maximum Gasteiger partial charge on any atom is 0.407 e. The Balaban J connectivity index is 2.63. The number of esters is 2. The second-order valence-corrected chi connectivity index (χ2v) is 6.88. The highest BCUT2D eigenvalue weighted by Crippen LogP contribution is 2.16. The van der Waals surface area contributed by atoms with E-state index in [9.17, 15) is 14.4 Å². The lowest BCUT2D eigenvalue weighted by Gasteiger charge is -2.19. The van der Waals surface area contributed by atoms with Crippen LogP contribution in [0.2, 0.25) is 0 Å². The highest BCUT2D eigenvalue weighted by atomic mass is 16.6. The van der Waals surface area contributed by atoms with Gasteiger partial charge in [-0.05, 0) is 38.3 Å². The Morgan fingerprint density at radius 2 is 1.58 bits per heavy atom. The van der Waals surface area contributed by atoms with Crippen LogP contribution >= 0.6 is 0 Å².